The number of hydrogen-bond acceptors (Lipinski definition) is 3. The summed E-state index contributed by atoms with van der Waals surface area (Å²) in [6.45, 7) is 7.65. The number of hydrogen-bond donors (Lipinski definition) is 1. The first-order valence-corrected chi connectivity index (χ1v) is 8.58. The zero-order chi connectivity index (χ0) is 12.8. The summed E-state index contributed by atoms with van der Waals surface area (Å²) in [4.78, 5) is 5.66. The van der Waals surface area contributed by atoms with E-state index in [1.165, 1.54) is 64.7 Å². The van der Waals surface area contributed by atoms with E-state index in [1.807, 2.05) is 0 Å². The van der Waals surface area contributed by atoms with Crippen LogP contribution >= 0.6 is 0 Å². The van der Waals surface area contributed by atoms with Gasteiger partial charge in [-0.1, -0.05) is 6.92 Å². The third kappa shape index (κ3) is 2.57. The van der Waals surface area contributed by atoms with Crippen LogP contribution in [0.2, 0.25) is 0 Å². The molecular formula is C16H29N3. The Morgan fingerprint density at radius 2 is 1.84 bits per heavy atom. The Bertz CT molecular complexity index is 324. The van der Waals surface area contributed by atoms with Crippen LogP contribution in [0.5, 0.6) is 0 Å². The minimum atomic E-state index is 0.791. The predicted molar refractivity (Wildman–Crippen MR) is 78.3 cm³/mol. The molecule has 4 rings (SSSR count). The second-order valence-corrected chi connectivity index (χ2v) is 7.28. The second-order valence-electron chi connectivity index (χ2n) is 7.28. The molecule has 4 aliphatic rings. The summed E-state index contributed by atoms with van der Waals surface area (Å²) >= 11 is 0. The number of nitrogens with zero attached hydrogens (tertiary/aromatic N) is 2. The number of piperazine rings is 1. The maximum absolute atomic E-state index is 3.83. The van der Waals surface area contributed by atoms with Gasteiger partial charge >= 0.3 is 0 Å². The zero-order valence-corrected chi connectivity index (χ0v) is 12.4. The molecule has 108 valence electrons. The summed E-state index contributed by atoms with van der Waals surface area (Å²) < 4.78 is 0. The molecule has 0 radical (unpaired) electrons. The number of likely N-dealkylation sites (tertiary alicyclic amines) is 1. The van der Waals surface area contributed by atoms with E-state index in [9.17, 15) is 0 Å². The van der Waals surface area contributed by atoms with Gasteiger partial charge in [0, 0.05) is 50.3 Å². The molecule has 2 heterocycles. The maximum Gasteiger partial charge on any atom is 0.0239 e. The Morgan fingerprint density at radius 1 is 1.00 bits per heavy atom. The standard InChI is InChI=1S/C16H29N3/c1-2-13-9-17-16(12-3-4-12)11-19(13)15-7-8-18(10-15)14-5-6-14/h12-17H,2-11H2,1H3. The van der Waals surface area contributed by atoms with Crippen LogP contribution in [-0.4, -0.2) is 60.1 Å². The zero-order valence-electron chi connectivity index (χ0n) is 12.4. The topological polar surface area (TPSA) is 18.5 Å². The molecule has 0 spiro atoms. The van der Waals surface area contributed by atoms with Gasteiger partial charge in [0.2, 0.25) is 0 Å². The van der Waals surface area contributed by atoms with Gasteiger partial charge in [-0.2, -0.15) is 0 Å². The highest BCUT2D eigenvalue weighted by molar-refractivity contribution is 4.99. The van der Waals surface area contributed by atoms with Crippen LogP contribution in [-0.2, 0) is 0 Å². The quantitative estimate of drug-likeness (QED) is 0.832. The van der Waals surface area contributed by atoms with Crippen LogP contribution in [0.1, 0.15) is 45.4 Å². The molecule has 3 unspecified atom stereocenters. The van der Waals surface area contributed by atoms with Gasteiger partial charge in [0.15, 0.2) is 0 Å². The van der Waals surface area contributed by atoms with Gasteiger partial charge in [0.1, 0.15) is 0 Å². The monoisotopic (exact) mass is 263 g/mol. The van der Waals surface area contributed by atoms with Crippen molar-refractivity contribution in [3.63, 3.8) is 0 Å². The molecule has 0 amide bonds. The average Bonchev–Trinajstić information content (AvgIpc) is 3.36. The van der Waals surface area contributed by atoms with E-state index in [1.54, 1.807) is 0 Å². The van der Waals surface area contributed by atoms with E-state index in [0.29, 0.717) is 0 Å². The van der Waals surface area contributed by atoms with Crippen molar-refractivity contribution in [2.24, 2.45) is 5.92 Å². The van der Waals surface area contributed by atoms with Crippen LogP contribution in [0.15, 0.2) is 0 Å². The number of rotatable bonds is 4. The SMILES string of the molecule is CCC1CNC(C2CC2)CN1C1CCN(C2CC2)C1. The fraction of sp³-hybridized carbons (Fsp3) is 1.00. The molecule has 3 nitrogen and oxygen atoms in total. The Balaban J connectivity index is 1.40. The average molecular weight is 263 g/mol. The van der Waals surface area contributed by atoms with E-state index in [2.05, 4.69) is 22.0 Å². The third-order valence-corrected chi connectivity index (χ3v) is 5.88. The maximum atomic E-state index is 3.83. The van der Waals surface area contributed by atoms with Gasteiger partial charge in [0.25, 0.3) is 0 Å². The lowest BCUT2D eigenvalue weighted by Crippen LogP contribution is -2.60. The summed E-state index contributed by atoms with van der Waals surface area (Å²) in [6, 6.07) is 3.41. The van der Waals surface area contributed by atoms with Crippen molar-refractivity contribution in [2.75, 3.05) is 26.2 Å². The van der Waals surface area contributed by atoms with Gasteiger partial charge in [-0.15, -0.1) is 0 Å². The van der Waals surface area contributed by atoms with Gasteiger partial charge in [-0.25, -0.2) is 0 Å². The first kappa shape index (κ1) is 12.6. The predicted octanol–water partition coefficient (Wildman–Crippen LogP) is 1.69. The van der Waals surface area contributed by atoms with Crippen molar-refractivity contribution in [1.29, 1.82) is 0 Å². The van der Waals surface area contributed by atoms with Crippen LogP contribution in [0, 0.1) is 5.92 Å². The minimum absolute atomic E-state index is 0.791. The fourth-order valence-corrected chi connectivity index (χ4v) is 4.30. The second kappa shape index (κ2) is 5.01. The van der Waals surface area contributed by atoms with E-state index in [-0.39, 0.29) is 0 Å². The van der Waals surface area contributed by atoms with Crippen molar-refractivity contribution >= 4 is 0 Å². The van der Waals surface area contributed by atoms with Crippen LogP contribution < -0.4 is 5.32 Å². The molecular weight excluding hydrogens is 234 g/mol. The van der Waals surface area contributed by atoms with Crippen molar-refractivity contribution in [2.45, 2.75) is 69.6 Å². The summed E-state index contributed by atoms with van der Waals surface area (Å²) in [5, 5.41) is 3.83. The Labute approximate surface area is 117 Å². The molecule has 0 aromatic heterocycles. The largest absolute Gasteiger partial charge is 0.311 e. The van der Waals surface area contributed by atoms with Gasteiger partial charge in [0.05, 0.1) is 0 Å². The minimum Gasteiger partial charge on any atom is -0.311 e. The van der Waals surface area contributed by atoms with Crippen molar-refractivity contribution < 1.29 is 0 Å². The van der Waals surface area contributed by atoms with Crippen molar-refractivity contribution in [3.8, 4) is 0 Å². The lowest BCUT2D eigenvalue weighted by molar-refractivity contribution is 0.0752. The third-order valence-electron chi connectivity index (χ3n) is 5.88. The highest BCUT2D eigenvalue weighted by Crippen LogP contribution is 2.36. The van der Waals surface area contributed by atoms with E-state index < -0.39 is 0 Å². The molecule has 2 saturated heterocycles. The highest BCUT2D eigenvalue weighted by atomic mass is 15.3. The molecule has 2 saturated carbocycles. The molecule has 19 heavy (non-hydrogen) atoms. The molecule has 0 aromatic carbocycles. The normalized spacial score (nSPS) is 41.8. The summed E-state index contributed by atoms with van der Waals surface area (Å²) in [6.07, 6.45) is 8.61. The van der Waals surface area contributed by atoms with Crippen LogP contribution in [0.25, 0.3) is 0 Å². The summed E-state index contributed by atoms with van der Waals surface area (Å²) in [7, 11) is 0. The Hall–Kier alpha value is -0.120. The molecule has 0 aromatic rings. The lowest BCUT2D eigenvalue weighted by atomic mass is 10.0. The summed E-state index contributed by atoms with van der Waals surface area (Å²) in [5.74, 6) is 1.00. The van der Waals surface area contributed by atoms with Gasteiger partial charge < -0.3 is 5.32 Å². The van der Waals surface area contributed by atoms with E-state index in [0.717, 1.165) is 30.1 Å². The lowest BCUT2D eigenvalue weighted by Gasteiger charge is -2.43. The molecule has 2 aliphatic heterocycles. The Morgan fingerprint density at radius 3 is 2.53 bits per heavy atom. The van der Waals surface area contributed by atoms with Gasteiger partial charge in [-0.3, -0.25) is 9.80 Å². The highest BCUT2D eigenvalue weighted by Gasteiger charge is 2.42. The van der Waals surface area contributed by atoms with Crippen LogP contribution in [0.3, 0.4) is 0 Å². The molecule has 4 fully saturated rings. The molecule has 3 atom stereocenters. The van der Waals surface area contributed by atoms with Gasteiger partial charge in [-0.05, 0) is 44.4 Å². The van der Waals surface area contributed by atoms with E-state index >= 15 is 0 Å². The fourth-order valence-electron chi connectivity index (χ4n) is 4.30. The molecule has 2 aliphatic carbocycles. The summed E-state index contributed by atoms with van der Waals surface area (Å²) in [5.41, 5.74) is 0. The smallest absolute Gasteiger partial charge is 0.0239 e. The molecule has 1 N–H and O–H groups in total. The molecule has 0 bridgehead atoms. The van der Waals surface area contributed by atoms with Crippen molar-refractivity contribution in [3.05, 3.63) is 0 Å². The van der Waals surface area contributed by atoms with Crippen molar-refractivity contribution in [1.82, 2.24) is 15.1 Å². The van der Waals surface area contributed by atoms with Crippen LogP contribution in [0.4, 0.5) is 0 Å². The first-order valence-electron chi connectivity index (χ1n) is 8.58. The van der Waals surface area contributed by atoms with E-state index in [4.69, 9.17) is 0 Å². The molecule has 3 heteroatoms. The number of nitrogens with one attached hydrogen (secondary N) is 1. The Kier molecular flexibility index (Phi) is 3.33. The first-order chi connectivity index (χ1) is 9.35.